The molecule has 2 saturated heterocycles. The van der Waals surface area contributed by atoms with Gasteiger partial charge < -0.3 is 10.2 Å². The molecule has 0 radical (unpaired) electrons. The number of amides is 1. The van der Waals surface area contributed by atoms with Crippen LogP contribution in [0.4, 0.5) is 0 Å². The molecule has 2 fully saturated rings. The SMILES string of the molecule is O=C(/C=C/c1ccc(S(=O)(=O)N2CCCCCC2)cc1)NCCCN1CCCCC1. The highest BCUT2D eigenvalue weighted by atomic mass is 32.2. The summed E-state index contributed by atoms with van der Waals surface area (Å²) in [7, 11) is -3.43. The van der Waals surface area contributed by atoms with Crippen LogP contribution < -0.4 is 5.32 Å². The summed E-state index contributed by atoms with van der Waals surface area (Å²) < 4.78 is 27.2. The van der Waals surface area contributed by atoms with Crippen LogP contribution in [0.3, 0.4) is 0 Å². The predicted octanol–water partition coefficient (Wildman–Crippen LogP) is 3.26. The zero-order valence-electron chi connectivity index (χ0n) is 17.9. The molecule has 0 atom stereocenters. The molecule has 1 aromatic rings. The Hall–Kier alpha value is -1.70. The largest absolute Gasteiger partial charge is 0.353 e. The van der Waals surface area contributed by atoms with Gasteiger partial charge >= 0.3 is 0 Å². The summed E-state index contributed by atoms with van der Waals surface area (Å²) in [6.07, 6.45) is 12.1. The van der Waals surface area contributed by atoms with Crippen molar-refractivity contribution in [3.63, 3.8) is 0 Å². The van der Waals surface area contributed by atoms with Gasteiger partial charge in [0.25, 0.3) is 0 Å². The van der Waals surface area contributed by atoms with E-state index in [1.807, 2.05) is 0 Å². The van der Waals surface area contributed by atoms with Gasteiger partial charge in [-0.1, -0.05) is 31.4 Å². The van der Waals surface area contributed by atoms with Gasteiger partial charge in [-0.25, -0.2) is 8.42 Å². The van der Waals surface area contributed by atoms with Crippen molar-refractivity contribution in [2.24, 2.45) is 0 Å². The molecular formula is C23H35N3O3S. The molecule has 1 amide bonds. The quantitative estimate of drug-likeness (QED) is 0.505. The van der Waals surface area contributed by atoms with Gasteiger partial charge in [0.15, 0.2) is 0 Å². The van der Waals surface area contributed by atoms with Crippen LogP contribution in [0.2, 0.25) is 0 Å². The number of nitrogens with one attached hydrogen (secondary N) is 1. The molecule has 0 saturated carbocycles. The van der Waals surface area contributed by atoms with E-state index in [1.54, 1.807) is 34.6 Å². The predicted molar refractivity (Wildman–Crippen MR) is 121 cm³/mol. The third-order valence-corrected chi connectivity index (χ3v) is 7.82. The Morgan fingerprint density at radius 1 is 0.900 bits per heavy atom. The maximum absolute atomic E-state index is 12.8. The summed E-state index contributed by atoms with van der Waals surface area (Å²) in [5.41, 5.74) is 0.813. The highest BCUT2D eigenvalue weighted by molar-refractivity contribution is 7.89. The number of sulfonamides is 1. The second kappa shape index (κ2) is 11.6. The number of carbonyl (C=O) groups excluding carboxylic acids is 1. The number of likely N-dealkylation sites (tertiary alicyclic amines) is 1. The maximum Gasteiger partial charge on any atom is 0.243 e. The van der Waals surface area contributed by atoms with Crippen LogP contribution in [-0.4, -0.2) is 62.8 Å². The van der Waals surface area contributed by atoms with Crippen molar-refractivity contribution in [1.82, 2.24) is 14.5 Å². The monoisotopic (exact) mass is 433 g/mol. The smallest absolute Gasteiger partial charge is 0.243 e. The topological polar surface area (TPSA) is 69.7 Å². The second-order valence-corrected chi connectivity index (χ2v) is 10.2. The first-order valence-electron chi connectivity index (χ1n) is 11.3. The van der Waals surface area contributed by atoms with Crippen molar-refractivity contribution in [2.45, 2.75) is 56.3 Å². The second-order valence-electron chi connectivity index (χ2n) is 8.27. The highest BCUT2D eigenvalue weighted by Crippen LogP contribution is 2.21. The van der Waals surface area contributed by atoms with Crippen molar-refractivity contribution in [3.05, 3.63) is 35.9 Å². The van der Waals surface area contributed by atoms with Gasteiger partial charge in [-0.3, -0.25) is 4.79 Å². The Labute approximate surface area is 181 Å². The van der Waals surface area contributed by atoms with Crippen LogP contribution in [-0.2, 0) is 14.8 Å². The Morgan fingerprint density at radius 3 is 2.17 bits per heavy atom. The lowest BCUT2D eigenvalue weighted by Gasteiger charge is -2.26. The minimum atomic E-state index is -3.43. The first-order chi connectivity index (χ1) is 14.6. The molecule has 3 rings (SSSR count). The molecule has 0 unspecified atom stereocenters. The fourth-order valence-corrected chi connectivity index (χ4v) is 5.63. The highest BCUT2D eigenvalue weighted by Gasteiger charge is 2.24. The van der Waals surface area contributed by atoms with Crippen molar-refractivity contribution in [2.75, 3.05) is 39.3 Å². The number of nitrogens with zero attached hydrogens (tertiary/aromatic N) is 2. The first-order valence-corrected chi connectivity index (χ1v) is 12.8. The lowest BCUT2D eigenvalue weighted by atomic mass is 10.1. The Morgan fingerprint density at radius 2 is 1.50 bits per heavy atom. The molecule has 0 spiro atoms. The van der Waals surface area contributed by atoms with Crippen molar-refractivity contribution in [3.8, 4) is 0 Å². The zero-order valence-corrected chi connectivity index (χ0v) is 18.7. The van der Waals surface area contributed by atoms with Gasteiger partial charge in [0.2, 0.25) is 15.9 Å². The third-order valence-electron chi connectivity index (χ3n) is 5.91. The van der Waals surface area contributed by atoms with E-state index in [2.05, 4.69) is 10.2 Å². The molecule has 2 heterocycles. The zero-order chi connectivity index (χ0) is 21.2. The number of carbonyl (C=O) groups is 1. The number of piperidine rings is 1. The lowest BCUT2D eigenvalue weighted by Crippen LogP contribution is -2.33. The van der Waals surface area contributed by atoms with Gasteiger partial charge in [0, 0.05) is 25.7 Å². The molecule has 30 heavy (non-hydrogen) atoms. The van der Waals surface area contributed by atoms with Gasteiger partial charge in [-0.2, -0.15) is 4.31 Å². The van der Waals surface area contributed by atoms with E-state index >= 15 is 0 Å². The lowest BCUT2D eigenvalue weighted by molar-refractivity contribution is -0.116. The third kappa shape index (κ3) is 6.93. The standard InChI is InChI=1S/C23H35N3O3S/c27-23(24-15-8-18-25-16-4-3-5-17-25)14-11-21-9-12-22(13-10-21)30(28,29)26-19-6-1-2-7-20-26/h9-14H,1-8,15-20H2,(H,24,27)/b14-11+. The molecular weight excluding hydrogens is 398 g/mol. The minimum Gasteiger partial charge on any atom is -0.353 e. The van der Waals surface area contributed by atoms with E-state index in [1.165, 1.54) is 38.4 Å². The van der Waals surface area contributed by atoms with Crippen LogP contribution in [0.5, 0.6) is 0 Å². The molecule has 7 heteroatoms. The van der Waals surface area contributed by atoms with E-state index in [9.17, 15) is 13.2 Å². The van der Waals surface area contributed by atoms with Gasteiger partial charge in [-0.15, -0.1) is 0 Å². The van der Waals surface area contributed by atoms with Crippen LogP contribution >= 0.6 is 0 Å². The molecule has 0 aliphatic carbocycles. The molecule has 1 N–H and O–H groups in total. The summed E-state index contributed by atoms with van der Waals surface area (Å²) in [5.74, 6) is -0.116. The van der Waals surface area contributed by atoms with E-state index in [-0.39, 0.29) is 5.91 Å². The fraction of sp³-hybridized carbons (Fsp3) is 0.609. The average molecular weight is 434 g/mol. The van der Waals surface area contributed by atoms with Crippen molar-refractivity contribution >= 4 is 22.0 Å². The minimum absolute atomic E-state index is 0.116. The Bertz CT molecular complexity index is 791. The van der Waals surface area contributed by atoms with Gasteiger partial charge in [0.05, 0.1) is 4.90 Å². The fourth-order valence-electron chi connectivity index (χ4n) is 4.11. The Balaban J connectivity index is 1.44. The Kier molecular flexibility index (Phi) is 8.90. The molecule has 2 aliphatic rings. The number of rotatable bonds is 8. The summed E-state index contributed by atoms with van der Waals surface area (Å²) in [6.45, 7) is 5.27. The number of hydrogen-bond donors (Lipinski definition) is 1. The molecule has 2 aliphatic heterocycles. The van der Waals surface area contributed by atoms with Crippen LogP contribution in [0.25, 0.3) is 6.08 Å². The van der Waals surface area contributed by atoms with E-state index in [0.717, 1.165) is 44.2 Å². The summed E-state index contributed by atoms with van der Waals surface area (Å²) in [4.78, 5) is 14.8. The molecule has 6 nitrogen and oxygen atoms in total. The molecule has 0 bridgehead atoms. The molecule has 0 aromatic heterocycles. The van der Waals surface area contributed by atoms with Gasteiger partial charge in [-0.05, 0) is 75.5 Å². The van der Waals surface area contributed by atoms with Crippen molar-refractivity contribution in [1.29, 1.82) is 0 Å². The van der Waals surface area contributed by atoms with Crippen LogP contribution in [0.15, 0.2) is 35.2 Å². The average Bonchev–Trinajstić information content (AvgIpc) is 3.07. The summed E-state index contributed by atoms with van der Waals surface area (Å²) in [6, 6.07) is 6.78. The number of benzene rings is 1. The maximum atomic E-state index is 12.8. The molecule has 1 aromatic carbocycles. The number of hydrogen-bond acceptors (Lipinski definition) is 4. The first kappa shape index (κ1) is 23.0. The molecule has 166 valence electrons. The normalized spacial score (nSPS) is 19.6. The van der Waals surface area contributed by atoms with Crippen LogP contribution in [0, 0.1) is 0 Å². The summed E-state index contributed by atoms with van der Waals surface area (Å²) in [5, 5.41) is 2.92. The van der Waals surface area contributed by atoms with E-state index in [4.69, 9.17) is 0 Å². The van der Waals surface area contributed by atoms with E-state index < -0.39 is 10.0 Å². The summed E-state index contributed by atoms with van der Waals surface area (Å²) >= 11 is 0. The van der Waals surface area contributed by atoms with Crippen molar-refractivity contribution < 1.29 is 13.2 Å². The van der Waals surface area contributed by atoms with Gasteiger partial charge in [0.1, 0.15) is 0 Å². The van der Waals surface area contributed by atoms with E-state index in [0.29, 0.717) is 24.5 Å². The van der Waals surface area contributed by atoms with Crippen LogP contribution in [0.1, 0.15) is 56.9 Å².